The van der Waals surface area contributed by atoms with Crippen molar-refractivity contribution in [2.75, 3.05) is 11.3 Å². The lowest BCUT2D eigenvalue weighted by Gasteiger charge is -2.09. The van der Waals surface area contributed by atoms with Crippen molar-refractivity contribution < 1.29 is 13.5 Å². The third-order valence-corrected chi connectivity index (χ3v) is 5.46. The van der Waals surface area contributed by atoms with Gasteiger partial charge < -0.3 is 10.1 Å². The minimum absolute atomic E-state index is 0.00437. The maximum atomic E-state index is 12.7. The number of nitrogens with one attached hydrogen (secondary N) is 2. The molecule has 2 heterocycles. The number of aromatic nitrogens is 3. The molecule has 0 aliphatic rings. The molecular weight excluding hydrogens is 354 g/mol. The number of fused-ring (bicyclic) bond motifs is 1. The number of nitriles is 1. The Bertz CT molecular complexity index is 1090. The van der Waals surface area contributed by atoms with Crippen LogP contribution in [-0.4, -0.2) is 34.9 Å². The lowest BCUT2D eigenvalue weighted by molar-refractivity contribution is 0.219. The van der Waals surface area contributed by atoms with Crippen molar-refractivity contribution >= 4 is 26.6 Å². The third-order valence-electron chi connectivity index (χ3n) is 4.14. The largest absolute Gasteiger partial charge is 0.396 e. The monoisotopic (exact) mass is 373 g/mol. The van der Waals surface area contributed by atoms with Gasteiger partial charge in [0.1, 0.15) is 11.0 Å². The van der Waals surface area contributed by atoms with Gasteiger partial charge in [0.05, 0.1) is 23.0 Å². The summed E-state index contributed by atoms with van der Waals surface area (Å²) in [6.07, 6.45) is 4.26. The molecule has 0 radical (unpaired) electrons. The Kier molecular flexibility index (Phi) is 4.71. The summed E-state index contributed by atoms with van der Waals surface area (Å²) in [5.41, 5.74) is 2.27. The number of hydrogen-bond donors (Lipinski definition) is 3. The molecule has 1 atom stereocenters. The first-order valence-electron chi connectivity index (χ1n) is 8.02. The van der Waals surface area contributed by atoms with Gasteiger partial charge in [0.2, 0.25) is 0 Å². The van der Waals surface area contributed by atoms with E-state index < -0.39 is 10.0 Å². The van der Waals surface area contributed by atoms with Gasteiger partial charge in [0, 0.05) is 30.9 Å². The van der Waals surface area contributed by atoms with Gasteiger partial charge in [-0.2, -0.15) is 10.4 Å². The third kappa shape index (κ3) is 3.29. The van der Waals surface area contributed by atoms with Crippen LogP contribution in [0.1, 0.15) is 18.1 Å². The van der Waals surface area contributed by atoms with Crippen LogP contribution in [0.4, 0.5) is 5.69 Å². The number of nitrogens with zero attached hydrogens (tertiary/aromatic N) is 3. The lowest BCUT2D eigenvalue weighted by Crippen LogP contribution is -2.13. The summed E-state index contributed by atoms with van der Waals surface area (Å²) in [4.78, 5) is 2.99. The predicted octanol–water partition coefficient (Wildman–Crippen LogP) is 1.97. The van der Waals surface area contributed by atoms with E-state index in [-0.39, 0.29) is 17.4 Å². The quantitative estimate of drug-likeness (QED) is 0.609. The highest BCUT2D eigenvalue weighted by Crippen LogP contribution is 2.29. The van der Waals surface area contributed by atoms with Crippen molar-refractivity contribution in [3.8, 4) is 6.07 Å². The molecule has 0 saturated carbocycles. The van der Waals surface area contributed by atoms with Crippen molar-refractivity contribution in [1.82, 2.24) is 14.8 Å². The van der Waals surface area contributed by atoms with E-state index in [2.05, 4.69) is 20.9 Å². The van der Waals surface area contributed by atoms with E-state index in [1.54, 1.807) is 18.3 Å². The van der Waals surface area contributed by atoms with Crippen molar-refractivity contribution in [1.29, 1.82) is 5.26 Å². The fraction of sp³-hybridized carbons (Fsp3) is 0.294. The molecule has 2 aromatic heterocycles. The van der Waals surface area contributed by atoms with Crippen LogP contribution < -0.4 is 4.72 Å². The zero-order valence-corrected chi connectivity index (χ0v) is 15.2. The Balaban J connectivity index is 1.94. The van der Waals surface area contributed by atoms with Crippen LogP contribution in [0.25, 0.3) is 10.9 Å². The van der Waals surface area contributed by atoms with Gasteiger partial charge in [-0.15, -0.1) is 0 Å². The van der Waals surface area contributed by atoms with Gasteiger partial charge in [0.25, 0.3) is 10.0 Å². The highest BCUT2D eigenvalue weighted by atomic mass is 32.2. The summed E-state index contributed by atoms with van der Waals surface area (Å²) in [6, 6.07) is 5.52. The number of sulfonamides is 1. The fourth-order valence-corrected chi connectivity index (χ4v) is 3.78. The van der Waals surface area contributed by atoms with E-state index in [0.29, 0.717) is 28.7 Å². The number of H-pyrrole nitrogens is 1. The normalized spacial score (nSPS) is 12.8. The summed E-state index contributed by atoms with van der Waals surface area (Å²) in [6.45, 7) is 4.12. The second-order valence-electron chi connectivity index (χ2n) is 6.29. The lowest BCUT2D eigenvalue weighted by atomic mass is 10.1. The summed E-state index contributed by atoms with van der Waals surface area (Å²) in [5, 5.41) is 23.0. The Morgan fingerprint density at radius 2 is 2.23 bits per heavy atom. The summed E-state index contributed by atoms with van der Waals surface area (Å²) < 4.78 is 29.4. The second kappa shape index (κ2) is 6.82. The van der Waals surface area contributed by atoms with Crippen LogP contribution in [-0.2, 0) is 16.6 Å². The molecule has 0 unspecified atom stereocenters. The van der Waals surface area contributed by atoms with Gasteiger partial charge >= 0.3 is 0 Å². The Morgan fingerprint density at radius 3 is 2.92 bits per heavy atom. The van der Waals surface area contributed by atoms with Gasteiger partial charge in [0.15, 0.2) is 0 Å². The van der Waals surface area contributed by atoms with E-state index in [9.17, 15) is 13.7 Å². The Morgan fingerprint density at radius 1 is 1.46 bits per heavy atom. The van der Waals surface area contributed by atoms with Crippen LogP contribution in [0, 0.1) is 24.2 Å². The summed E-state index contributed by atoms with van der Waals surface area (Å²) in [7, 11) is -3.84. The molecule has 0 fully saturated rings. The number of hydrogen-bond acceptors (Lipinski definition) is 5. The van der Waals surface area contributed by atoms with Crippen LogP contribution >= 0.6 is 0 Å². The van der Waals surface area contributed by atoms with Crippen LogP contribution in [0.2, 0.25) is 0 Å². The van der Waals surface area contributed by atoms with E-state index in [0.717, 1.165) is 5.56 Å². The molecule has 0 bridgehead atoms. The van der Waals surface area contributed by atoms with Crippen molar-refractivity contribution in [2.24, 2.45) is 5.92 Å². The van der Waals surface area contributed by atoms with Crippen LogP contribution in [0.3, 0.4) is 0 Å². The van der Waals surface area contributed by atoms with Crippen LogP contribution in [0.5, 0.6) is 0 Å². The minimum atomic E-state index is -3.84. The number of anilines is 1. The van der Waals surface area contributed by atoms with E-state index in [1.807, 2.05) is 13.8 Å². The predicted molar refractivity (Wildman–Crippen MR) is 97.0 cm³/mol. The minimum Gasteiger partial charge on any atom is -0.396 e. The van der Waals surface area contributed by atoms with Crippen molar-refractivity contribution in [2.45, 2.75) is 25.3 Å². The zero-order chi connectivity index (χ0) is 18.9. The van der Waals surface area contributed by atoms with E-state index in [4.69, 9.17) is 5.11 Å². The van der Waals surface area contributed by atoms with Gasteiger partial charge in [-0.05, 0) is 24.5 Å². The number of aromatic amines is 1. The number of benzene rings is 1. The first-order chi connectivity index (χ1) is 12.4. The van der Waals surface area contributed by atoms with Crippen LogP contribution in [0.15, 0.2) is 35.6 Å². The molecule has 0 saturated heterocycles. The molecule has 0 aliphatic heterocycles. The molecule has 136 valence electrons. The van der Waals surface area contributed by atoms with Gasteiger partial charge in [-0.3, -0.25) is 9.40 Å². The van der Waals surface area contributed by atoms with Crippen molar-refractivity contribution in [3.05, 3.63) is 41.9 Å². The highest BCUT2D eigenvalue weighted by Gasteiger charge is 2.20. The fourth-order valence-electron chi connectivity index (χ4n) is 2.76. The Hall–Kier alpha value is -2.83. The molecule has 3 rings (SSSR count). The first-order valence-corrected chi connectivity index (χ1v) is 9.51. The number of aliphatic hydroxyl groups is 1. The van der Waals surface area contributed by atoms with Crippen molar-refractivity contribution in [3.63, 3.8) is 0 Å². The summed E-state index contributed by atoms with van der Waals surface area (Å²) >= 11 is 0. The average Bonchev–Trinajstić information content (AvgIpc) is 3.24. The first kappa shape index (κ1) is 18.0. The topological polar surface area (TPSA) is 124 Å². The number of aliphatic hydroxyl groups excluding tert-OH is 1. The molecule has 3 N–H and O–H groups in total. The smallest absolute Gasteiger partial charge is 0.265 e. The Labute approximate surface area is 151 Å². The van der Waals surface area contributed by atoms with Gasteiger partial charge in [-0.25, -0.2) is 8.42 Å². The molecule has 0 aliphatic carbocycles. The molecule has 8 nitrogen and oxygen atoms in total. The molecule has 0 spiro atoms. The maximum absolute atomic E-state index is 12.7. The van der Waals surface area contributed by atoms with Gasteiger partial charge in [-0.1, -0.05) is 13.0 Å². The van der Waals surface area contributed by atoms with E-state index in [1.165, 1.54) is 17.1 Å². The molecular formula is C17H19N5O3S. The molecule has 1 aromatic carbocycles. The number of aryl methyl sites for hydroxylation is 1. The molecule has 26 heavy (non-hydrogen) atoms. The number of rotatable bonds is 6. The second-order valence-corrected chi connectivity index (χ2v) is 7.97. The molecule has 3 aromatic rings. The standard InChI is InChI=1S/C17H19N5O3S/c1-11(10-23)8-22-9-14(7-20-22)26(24,25)21-15-4-3-12(2)16-13(5-18)6-19-17(15)16/h3-4,6-7,9,11,19,21,23H,8,10H2,1-2H3/t11-/m1/s1. The maximum Gasteiger partial charge on any atom is 0.265 e. The molecule has 0 amide bonds. The SMILES string of the molecule is Cc1ccc(NS(=O)(=O)c2cnn(C[C@@H](C)CO)c2)c2[nH]cc(C#N)c12. The molecule has 9 heteroatoms. The highest BCUT2D eigenvalue weighted by molar-refractivity contribution is 7.92. The average molecular weight is 373 g/mol. The zero-order valence-electron chi connectivity index (χ0n) is 14.4. The van der Waals surface area contributed by atoms with E-state index >= 15 is 0 Å². The summed E-state index contributed by atoms with van der Waals surface area (Å²) in [5.74, 6) is -0.0292.